The molecule has 0 spiro atoms. The number of carbonyl (C=O) groups excluding carboxylic acids is 1. The van der Waals surface area contributed by atoms with E-state index in [4.69, 9.17) is 0 Å². The maximum absolute atomic E-state index is 11.9. The number of nitrogens with one attached hydrogen (secondary N) is 1. The van der Waals surface area contributed by atoms with E-state index in [1.807, 2.05) is 0 Å². The third kappa shape index (κ3) is 4.62. The van der Waals surface area contributed by atoms with Crippen molar-refractivity contribution in [3.8, 4) is 5.75 Å². The summed E-state index contributed by atoms with van der Waals surface area (Å²) in [5.74, 6) is -0.412. The summed E-state index contributed by atoms with van der Waals surface area (Å²) in [4.78, 5) is 22.2. The number of phenolic OH excluding ortho intramolecular Hbond substituents is 1. The Morgan fingerprint density at radius 2 is 1.92 bits per heavy atom. The van der Waals surface area contributed by atoms with E-state index >= 15 is 0 Å². The van der Waals surface area contributed by atoms with Crippen LogP contribution in [0.5, 0.6) is 5.75 Å². The van der Waals surface area contributed by atoms with Crippen molar-refractivity contribution in [1.82, 2.24) is 5.43 Å². The molecule has 7 nitrogen and oxygen atoms in total. The lowest BCUT2D eigenvalue weighted by atomic mass is 10.1. The molecule has 0 saturated carbocycles. The number of aromatic hydroxyl groups is 1. The number of hydrogen-bond acceptors (Lipinski definition) is 5. The van der Waals surface area contributed by atoms with E-state index in [2.05, 4.69) is 42.4 Å². The smallest absolute Gasteiger partial charge is 0.273 e. The van der Waals surface area contributed by atoms with Gasteiger partial charge in [-0.3, -0.25) is 14.9 Å². The first kappa shape index (κ1) is 18.1. The third-order valence-electron chi connectivity index (χ3n) is 2.98. The number of para-hydroxylation sites is 1. The first-order chi connectivity index (χ1) is 11.4. The topological polar surface area (TPSA) is 105 Å². The quantitative estimate of drug-likeness (QED) is 0.408. The van der Waals surface area contributed by atoms with E-state index in [1.165, 1.54) is 24.4 Å². The molecule has 2 aromatic rings. The molecule has 0 fully saturated rings. The fraction of sp³-hybridized carbons (Fsp3) is 0.0667. The summed E-state index contributed by atoms with van der Waals surface area (Å²) in [7, 11) is 0. The van der Waals surface area contributed by atoms with Crippen LogP contribution in [0.25, 0.3) is 0 Å². The molecule has 0 aliphatic rings. The van der Waals surface area contributed by atoms with Gasteiger partial charge in [-0.15, -0.1) is 0 Å². The maximum Gasteiger partial charge on any atom is 0.273 e. The zero-order chi connectivity index (χ0) is 17.7. The molecule has 0 aliphatic heterocycles. The van der Waals surface area contributed by atoms with Gasteiger partial charge in [0.05, 0.1) is 26.5 Å². The Labute approximate surface area is 153 Å². The molecule has 2 N–H and O–H groups in total. The first-order valence-electron chi connectivity index (χ1n) is 6.60. The number of hydrogen-bond donors (Lipinski definition) is 2. The standard InChI is InChI=1S/C15H11Br2N3O4/c16-11-5-9(6-12(17)15(11)22)8-18-19-14(21)7-10-3-1-2-4-13(10)20(23)24/h1-6,8,22H,7H2,(H,19,21). The van der Waals surface area contributed by atoms with Crippen LogP contribution in [0.1, 0.15) is 11.1 Å². The highest BCUT2D eigenvalue weighted by Crippen LogP contribution is 2.32. The monoisotopic (exact) mass is 455 g/mol. The Morgan fingerprint density at radius 3 is 2.54 bits per heavy atom. The summed E-state index contributed by atoms with van der Waals surface area (Å²) in [6, 6.07) is 9.28. The molecular weight excluding hydrogens is 446 g/mol. The van der Waals surface area contributed by atoms with Crippen molar-refractivity contribution in [2.75, 3.05) is 0 Å². The highest BCUT2D eigenvalue weighted by Gasteiger charge is 2.15. The van der Waals surface area contributed by atoms with Gasteiger partial charge in [-0.05, 0) is 49.6 Å². The first-order valence-corrected chi connectivity index (χ1v) is 8.19. The lowest BCUT2D eigenvalue weighted by molar-refractivity contribution is -0.385. The van der Waals surface area contributed by atoms with Crippen LogP contribution in [0.3, 0.4) is 0 Å². The molecule has 0 atom stereocenters. The Morgan fingerprint density at radius 1 is 1.29 bits per heavy atom. The van der Waals surface area contributed by atoms with Gasteiger partial charge in [0.25, 0.3) is 5.69 Å². The lowest BCUT2D eigenvalue weighted by Gasteiger charge is -2.03. The molecule has 0 unspecified atom stereocenters. The van der Waals surface area contributed by atoms with Gasteiger partial charge in [-0.1, -0.05) is 18.2 Å². The zero-order valence-corrected chi connectivity index (χ0v) is 15.2. The fourth-order valence-electron chi connectivity index (χ4n) is 1.89. The van der Waals surface area contributed by atoms with Gasteiger partial charge in [-0.2, -0.15) is 5.10 Å². The van der Waals surface area contributed by atoms with Gasteiger partial charge in [0.1, 0.15) is 5.75 Å². The summed E-state index contributed by atoms with van der Waals surface area (Å²) in [6.45, 7) is 0. The van der Waals surface area contributed by atoms with Crippen LogP contribution >= 0.6 is 31.9 Å². The van der Waals surface area contributed by atoms with Gasteiger partial charge in [0, 0.05) is 11.6 Å². The van der Waals surface area contributed by atoms with Crippen LogP contribution in [0, 0.1) is 10.1 Å². The van der Waals surface area contributed by atoms with E-state index in [1.54, 1.807) is 18.2 Å². The molecule has 9 heteroatoms. The average molecular weight is 457 g/mol. The van der Waals surface area contributed by atoms with E-state index in [0.29, 0.717) is 20.1 Å². The van der Waals surface area contributed by atoms with Crippen molar-refractivity contribution in [1.29, 1.82) is 0 Å². The molecule has 24 heavy (non-hydrogen) atoms. The van der Waals surface area contributed by atoms with Crippen molar-refractivity contribution in [3.05, 3.63) is 66.6 Å². The summed E-state index contributed by atoms with van der Waals surface area (Å²) < 4.78 is 0.953. The number of amides is 1. The Hall–Kier alpha value is -2.26. The van der Waals surface area contributed by atoms with Crippen molar-refractivity contribution in [2.45, 2.75) is 6.42 Å². The molecule has 0 radical (unpaired) electrons. The minimum absolute atomic E-state index is 0.0626. The van der Waals surface area contributed by atoms with Crippen LogP contribution in [-0.4, -0.2) is 22.2 Å². The number of carbonyl (C=O) groups is 1. The van der Waals surface area contributed by atoms with E-state index < -0.39 is 10.8 Å². The molecule has 124 valence electrons. The summed E-state index contributed by atoms with van der Waals surface area (Å²) in [6.07, 6.45) is 1.24. The minimum atomic E-state index is -0.530. The SMILES string of the molecule is O=C(Cc1ccccc1[N+](=O)[O-])NN=Cc1cc(Br)c(O)c(Br)c1. The lowest BCUT2D eigenvalue weighted by Crippen LogP contribution is -2.20. The number of rotatable bonds is 5. The summed E-state index contributed by atoms with van der Waals surface area (Å²) >= 11 is 6.38. The molecular formula is C15H11Br2N3O4. The molecule has 0 saturated heterocycles. The number of hydrazone groups is 1. The van der Waals surface area contributed by atoms with Gasteiger partial charge in [-0.25, -0.2) is 5.43 Å². The second kappa shape index (κ2) is 8.02. The average Bonchev–Trinajstić information content (AvgIpc) is 2.52. The minimum Gasteiger partial charge on any atom is -0.506 e. The van der Waals surface area contributed by atoms with Gasteiger partial charge in [0.2, 0.25) is 5.91 Å². The van der Waals surface area contributed by atoms with E-state index in [-0.39, 0.29) is 17.9 Å². The molecule has 0 bridgehead atoms. The second-order valence-corrected chi connectivity index (χ2v) is 6.40. The number of benzene rings is 2. The molecule has 0 aliphatic carbocycles. The molecule has 0 aromatic heterocycles. The number of nitro groups is 1. The van der Waals surface area contributed by atoms with E-state index in [0.717, 1.165) is 0 Å². The van der Waals surface area contributed by atoms with Gasteiger partial charge in [0.15, 0.2) is 0 Å². The molecule has 2 rings (SSSR count). The van der Waals surface area contributed by atoms with Crippen molar-refractivity contribution < 1.29 is 14.8 Å². The summed E-state index contributed by atoms with van der Waals surface area (Å²) in [5.41, 5.74) is 3.15. The second-order valence-electron chi connectivity index (χ2n) is 4.69. The Kier molecular flexibility index (Phi) is 6.04. The van der Waals surface area contributed by atoms with Crippen molar-refractivity contribution in [2.24, 2.45) is 5.10 Å². The largest absolute Gasteiger partial charge is 0.506 e. The molecule has 0 heterocycles. The Balaban J connectivity index is 2.03. The predicted molar refractivity (Wildman–Crippen MR) is 96.0 cm³/mol. The van der Waals surface area contributed by atoms with Crippen LogP contribution < -0.4 is 5.43 Å². The van der Waals surface area contributed by atoms with Crippen molar-refractivity contribution in [3.63, 3.8) is 0 Å². The van der Waals surface area contributed by atoms with E-state index in [9.17, 15) is 20.0 Å². The summed E-state index contributed by atoms with van der Waals surface area (Å²) in [5, 5.41) is 24.3. The number of halogens is 2. The highest BCUT2D eigenvalue weighted by molar-refractivity contribution is 9.11. The fourth-order valence-corrected chi connectivity index (χ4v) is 3.11. The number of phenols is 1. The zero-order valence-electron chi connectivity index (χ0n) is 12.1. The molecule has 2 aromatic carbocycles. The van der Waals surface area contributed by atoms with Gasteiger partial charge >= 0.3 is 0 Å². The van der Waals surface area contributed by atoms with Gasteiger partial charge < -0.3 is 5.11 Å². The normalized spacial score (nSPS) is 10.8. The number of nitrogens with zero attached hydrogens (tertiary/aromatic N) is 2. The maximum atomic E-state index is 11.9. The molecule has 1 amide bonds. The third-order valence-corrected chi connectivity index (χ3v) is 4.19. The van der Waals surface area contributed by atoms with Crippen LogP contribution in [-0.2, 0) is 11.2 Å². The Bertz CT molecular complexity index is 801. The van der Waals surface area contributed by atoms with Crippen LogP contribution in [0.4, 0.5) is 5.69 Å². The van der Waals surface area contributed by atoms with Crippen LogP contribution in [0.15, 0.2) is 50.4 Å². The highest BCUT2D eigenvalue weighted by atomic mass is 79.9. The van der Waals surface area contributed by atoms with Crippen molar-refractivity contribution >= 4 is 49.7 Å². The number of nitro benzene ring substituents is 1. The predicted octanol–water partition coefficient (Wildman–Crippen LogP) is 3.52. The van der Waals surface area contributed by atoms with Crippen LogP contribution in [0.2, 0.25) is 0 Å².